The van der Waals surface area contributed by atoms with E-state index in [4.69, 9.17) is 0 Å². The van der Waals surface area contributed by atoms with E-state index in [2.05, 4.69) is 26.2 Å². The number of amides is 1. The molecule has 0 spiro atoms. The summed E-state index contributed by atoms with van der Waals surface area (Å²) in [5.41, 5.74) is 3.75. The molecule has 4 nitrogen and oxygen atoms in total. The van der Waals surface area contributed by atoms with Crippen molar-refractivity contribution < 1.29 is 9.59 Å². The van der Waals surface area contributed by atoms with Crippen molar-refractivity contribution in [1.82, 2.24) is 4.98 Å². The Labute approximate surface area is 160 Å². The van der Waals surface area contributed by atoms with Crippen molar-refractivity contribution in [2.45, 2.75) is 26.7 Å². The van der Waals surface area contributed by atoms with Crippen LogP contribution in [0.2, 0.25) is 0 Å². The van der Waals surface area contributed by atoms with Gasteiger partial charge in [0.25, 0.3) is 5.91 Å². The number of nitrogens with one attached hydrogen (secondary N) is 1. The predicted molar refractivity (Wildman–Crippen MR) is 108 cm³/mol. The van der Waals surface area contributed by atoms with E-state index in [1.807, 2.05) is 49.4 Å². The van der Waals surface area contributed by atoms with Crippen LogP contribution in [-0.2, 0) is 11.2 Å². The lowest BCUT2D eigenvalue weighted by Gasteiger charge is -2.15. The van der Waals surface area contributed by atoms with Gasteiger partial charge in [0.05, 0.1) is 11.2 Å². The zero-order valence-electron chi connectivity index (χ0n) is 14.7. The SMILES string of the molecule is CC(=O)CCc1c(Br)ccc(C)c1C(=O)Nc1cccc2cccnc12. The third-order valence-corrected chi connectivity index (χ3v) is 5.04. The minimum atomic E-state index is -0.194. The van der Waals surface area contributed by atoms with Crippen molar-refractivity contribution in [1.29, 1.82) is 0 Å². The molecule has 0 atom stereocenters. The van der Waals surface area contributed by atoms with Crippen molar-refractivity contribution in [2.24, 2.45) is 0 Å². The standard InChI is InChI=1S/C21H19BrN2O2/c1-13-8-11-17(22)16(10-9-14(2)25)19(13)21(26)24-18-7-3-5-15-6-4-12-23-20(15)18/h3-8,11-12H,9-10H2,1-2H3,(H,24,26). The second kappa shape index (κ2) is 7.79. The molecule has 1 amide bonds. The number of anilines is 1. The molecule has 0 aliphatic carbocycles. The summed E-state index contributed by atoms with van der Waals surface area (Å²) >= 11 is 3.52. The Morgan fingerprint density at radius 3 is 2.65 bits per heavy atom. The zero-order chi connectivity index (χ0) is 18.7. The summed E-state index contributed by atoms with van der Waals surface area (Å²) in [7, 11) is 0. The van der Waals surface area contributed by atoms with Crippen LogP contribution in [0, 0.1) is 6.92 Å². The molecule has 0 aliphatic rings. The topological polar surface area (TPSA) is 59.1 Å². The highest BCUT2D eigenvalue weighted by Gasteiger charge is 2.18. The molecule has 0 bridgehead atoms. The van der Waals surface area contributed by atoms with E-state index in [1.165, 1.54) is 0 Å². The lowest BCUT2D eigenvalue weighted by Crippen LogP contribution is -2.17. The van der Waals surface area contributed by atoms with Crippen molar-refractivity contribution in [3.63, 3.8) is 0 Å². The highest BCUT2D eigenvalue weighted by atomic mass is 79.9. The van der Waals surface area contributed by atoms with Gasteiger partial charge in [-0.1, -0.05) is 40.2 Å². The van der Waals surface area contributed by atoms with Crippen LogP contribution in [0.25, 0.3) is 10.9 Å². The number of carbonyl (C=O) groups excluding carboxylic acids is 2. The van der Waals surface area contributed by atoms with Crippen LogP contribution in [0.15, 0.2) is 53.1 Å². The molecule has 0 radical (unpaired) electrons. The van der Waals surface area contributed by atoms with Crippen molar-refractivity contribution in [3.05, 3.63) is 69.8 Å². The first-order valence-corrected chi connectivity index (χ1v) is 9.19. The number of para-hydroxylation sites is 1. The molecular formula is C21H19BrN2O2. The normalized spacial score (nSPS) is 10.7. The maximum Gasteiger partial charge on any atom is 0.256 e. The molecule has 132 valence electrons. The van der Waals surface area contributed by atoms with Crippen molar-refractivity contribution in [3.8, 4) is 0 Å². The smallest absolute Gasteiger partial charge is 0.256 e. The van der Waals surface area contributed by atoms with E-state index >= 15 is 0 Å². The van der Waals surface area contributed by atoms with Crippen LogP contribution in [0.5, 0.6) is 0 Å². The van der Waals surface area contributed by atoms with Gasteiger partial charge in [-0.05, 0) is 49.6 Å². The highest BCUT2D eigenvalue weighted by molar-refractivity contribution is 9.10. The van der Waals surface area contributed by atoms with Gasteiger partial charge in [-0.15, -0.1) is 0 Å². The summed E-state index contributed by atoms with van der Waals surface area (Å²) in [6, 6.07) is 13.3. The van der Waals surface area contributed by atoms with Gasteiger partial charge < -0.3 is 10.1 Å². The molecule has 2 aromatic carbocycles. The van der Waals surface area contributed by atoms with Crippen LogP contribution in [0.4, 0.5) is 5.69 Å². The van der Waals surface area contributed by atoms with E-state index in [0.29, 0.717) is 24.1 Å². The Morgan fingerprint density at radius 2 is 1.88 bits per heavy atom. The molecule has 1 N–H and O–H groups in total. The van der Waals surface area contributed by atoms with Gasteiger partial charge in [-0.3, -0.25) is 9.78 Å². The summed E-state index contributed by atoms with van der Waals surface area (Å²) < 4.78 is 0.838. The van der Waals surface area contributed by atoms with Gasteiger partial charge in [-0.2, -0.15) is 0 Å². The van der Waals surface area contributed by atoms with Crippen LogP contribution < -0.4 is 5.32 Å². The molecule has 26 heavy (non-hydrogen) atoms. The first-order chi connectivity index (χ1) is 12.5. The number of aromatic nitrogens is 1. The van der Waals surface area contributed by atoms with E-state index in [-0.39, 0.29) is 11.7 Å². The molecule has 5 heteroatoms. The molecule has 0 aliphatic heterocycles. The molecule has 0 saturated heterocycles. The Hall–Kier alpha value is -2.53. The number of halogens is 1. The minimum Gasteiger partial charge on any atom is -0.320 e. The fraction of sp³-hybridized carbons (Fsp3) is 0.190. The molecule has 1 aromatic heterocycles. The highest BCUT2D eigenvalue weighted by Crippen LogP contribution is 2.27. The maximum absolute atomic E-state index is 13.1. The van der Waals surface area contributed by atoms with Gasteiger partial charge in [0, 0.05) is 28.0 Å². The molecule has 0 unspecified atom stereocenters. The number of hydrogen-bond acceptors (Lipinski definition) is 3. The Morgan fingerprint density at radius 1 is 1.12 bits per heavy atom. The average molecular weight is 411 g/mol. The number of ketones is 1. The number of nitrogens with zero attached hydrogens (tertiary/aromatic N) is 1. The van der Waals surface area contributed by atoms with Crippen molar-refractivity contribution >= 4 is 44.2 Å². The zero-order valence-corrected chi connectivity index (χ0v) is 16.3. The summed E-state index contributed by atoms with van der Waals surface area (Å²) in [6.07, 6.45) is 2.63. The number of aryl methyl sites for hydroxylation is 1. The molecule has 3 rings (SSSR count). The third-order valence-electron chi connectivity index (χ3n) is 4.30. The Bertz CT molecular complexity index is 993. The van der Waals surface area contributed by atoms with Crippen LogP contribution in [0.1, 0.15) is 34.8 Å². The number of hydrogen-bond donors (Lipinski definition) is 1. The number of carbonyl (C=O) groups is 2. The fourth-order valence-electron chi connectivity index (χ4n) is 2.99. The van der Waals surface area contributed by atoms with Crippen LogP contribution in [0.3, 0.4) is 0 Å². The van der Waals surface area contributed by atoms with E-state index in [9.17, 15) is 9.59 Å². The number of rotatable bonds is 5. The first-order valence-electron chi connectivity index (χ1n) is 8.40. The van der Waals surface area contributed by atoms with E-state index in [0.717, 1.165) is 26.5 Å². The average Bonchev–Trinajstić information content (AvgIpc) is 2.62. The molecule has 0 fully saturated rings. The molecule has 0 saturated carbocycles. The summed E-state index contributed by atoms with van der Waals surface area (Å²) in [5, 5.41) is 3.96. The molecule has 1 heterocycles. The number of Topliss-reactive ketones (excluding diaryl/α,β-unsaturated/α-hetero) is 1. The summed E-state index contributed by atoms with van der Waals surface area (Å²) in [6.45, 7) is 3.46. The monoisotopic (exact) mass is 410 g/mol. The minimum absolute atomic E-state index is 0.100. The largest absolute Gasteiger partial charge is 0.320 e. The number of benzene rings is 2. The van der Waals surface area contributed by atoms with Gasteiger partial charge in [0.15, 0.2) is 0 Å². The molecule has 3 aromatic rings. The maximum atomic E-state index is 13.1. The van der Waals surface area contributed by atoms with Gasteiger partial charge in [0.2, 0.25) is 0 Å². The quantitative estimate of drug-likeness (QED) is 0.637. The van der Waals surface area contributed by atoms with Crippen LogP contribution >= 0.6 is 15.9 Å². The van der Waals surface area contributed by atoms with E-state index < -0.39 is 0 Å². The predicted octanol–water partition coefficient (Wildman–Crippen LogP) is 5.08. The molecular weight excluding hydrogens is 392 g/mol. The van der Waals surface area contributed by atoms with Gasteiger partial charge in [-0.25, -0.2) is 0 Å². The first kappa shape index (κ1) is 18.3. The second-order valence-corrected chi connectivity index (χ2v) is 7.11. The number of fused-ring (bicyclic) bond motifs is 1. The van der Waals surface area contributed by atoms with Gasteiger partial charge in [0.1, 0.15) is 5.78 Å². The third kappa shape index (κ3) is 3.83. The lowest BCUT2D eigenvalue weighted by atomic mass is 9.96. The van der Waals surface area contributed by atoms with E-state index in [1.54, 1.807) is 13.1 Å². The number of pyridine rings is 1. The summed E-state index contributed by atoms with van der Waals surface area (Å²) in [4.78, 5) is 28.8. The Balaban J connectivity index is 1.99. The lowest BCUT2D eigenvalue weighted by molar-refractivity contribution is -0.116. The van der Waals surface area contributed by atoms with Crippen LogP contribution in [-0.4, -0.2) is 16.7 Å². The Kier molecular flexibility index (Phi) is 5.47. The van der Waals surface area contributed by atoms with Crippen molar-refractivity contribution in [2.75, 3.05) is 5.32 Å². The second-order valence-electron chi connectivity index (χ2n) is 6.25. The fourth-order valence-corrected chi connectivity index (χ4v) is 3.52. The summed E-state index contributed by atoms with van der Waals surface area (Å²) in [5.74, 6) is -0.0940. The van der Waals surface area contributed by atoms with Gasteiger partial charge >= 0.3 is 0 Å².